The number of benzene rings is 1. The lowest BCUT2D eigenvalue weighted by molar-refractivity contribution is 0.0699. The normalized spacial score (nSPS) is 17.1. The van der Waals surface area contributed by atoms with Gasteiger partial charge in [0.15, 0.2) is 0 Å². The second-order valence-electron chi connectivity index (χ2n) is 6.37. The number of aromatic carboxylic acids is 1. The van der Waals surface area contributed by atoms with Crippen LogP contribution in [0.2, 0.25) is 0 Å². The lowest BCUT2D eigenvalue weighted by Gasteiger charge is -2.44. The van der Waals surface area contributed by atoms with Gasteiger partial charge in [-0.2, -0.15) is 0 Å². The first-order valence-corrected chi connectivity index (χ1v) is 7.75. The number of carboxylic acid groups (broad SMARTS) is 1. The number of aromatic nitrogens is 2. The summed E-state index contributed by atoms with van der Waals surface area (Å²) in [6.07, 6.45) is 4.62. The van der Waals surface area contributed by atoms with E-state index < -0.39 is 5.97 Å². The maximum absolute atomic E-state index is 11.5. The van der Waals surface area contributed by atoms with Gasteiger partial charge < -0.3 is 9.67 Å². The Morgan fingerprint density at radius 1 is 1.43 bits per heavy atom. The van der Waals surface area contributed by atoms with Crippen molar-refractivity contribution in [2.24, 2.45) is 0 Å². The largest absolute Gasteiger partial charge is 0.478 e. The fraction of sp³-hybridized carbons (Fsp3) is 0.529. The van der Waals surface area contributed by atoms with E-state index in [0.29, 0.717) is 11.1 Å². The van der Waals surface area contributed by atoms with Crippen molar-refractivity contribution in [3.05, 3.63) is 29.6 Å². The van der Waals surface area contributed by atoms with E-state index in [9.17, 15) is 9.90 Å². The molecule has 0 radical (unpaired) electrons. The molecule has 4 nitrogen and oxygen atoms in total. The first-order chi connectivity index (χ1) is 10.00. The monoisotopic (exact) mass is 286 g/mol. The van der Waals surface area contributed by atoms with Gasteiger partial charge in [-0.25, -0.2) is 9.78 Å². The van der Waals surface area contributed by atoms with E-state index >= 15 is 0 Å². The van der Waals surface area contributed by atoms with Crippen LogP contribution in [-0.2, 0) is 5.54 Å². The molecule has 0 atom stereocenters. The van der Waals surface area contributed by atoms with Crippen LogP contribution in [0.15, 0.2) is 18.2 Å². The van der Waals surface area contributed by atoms with Crippen molar-refractivity contribution in [1.82, 2.24) is 9.55 Å². The predicted molar refractivity (Wildman–Crippen MR) is 82.9 cm³/mol. The SMILES string of the molecule is CCC1(n2c(C(C)C)nc3c(C(=O)O)cccc32)CCC1. The molecule has 4 heteroatoms. The molecule has 3 rings (SSSR count). The highest BCUT2D eigenvalue weighted by Gasteiger charge is 2.40. The smallest absolute Gasteiger partial charge is 0.337 e. The standard InChI is InChI=1S/C17H22N2O2/c1-4-17(9-6-10-17)19-13-8-5-7-12(16(20)21)14(13)18-15(19)11(2)3/h5,7-8,11H,4,6,9-10H2,1-3H3,(H,20,21). The molecule has 0 bridgehead atoms. The zero-order valence-corrected chi connectivity index (χ0v) is 12.9. The van der Waals surface area contributed by atoms with E-state index in [1.807, 2.05) is 12.1 Å². The topological polar surface area (TPSA) is 55.1 Å². The van der Waals surface area contributed by atoms with Crippen molar-refractivity contribution in [2.45, 2.75) is 57.9 Å². The number of carbonyl (C=O) groups is 1. The second-order valence-corrected chi connectivity index (χ2v) is 6.37. The summed E-state index contributed by atoms with van der Waals surface area (Å²) >= 11 is 0. The fourth-order valence-corrected chi connectivity index (χ4v) is 3.50. The highest BCUT2D eigenvalue weighted by Crippen LogP contribution is 2.45. The summed E-state index contributed by atoms with van der Waals surface area (Å²) in [4.78, 5) is 16.2. The fourth-order valence-electron chi connectivity index (χ4n) is 3.50. The van der Waals surface area contributed by atoms with Crippen LogP contribution in [0.3, 0.4) is 0 Å². The molecule has 112 valence electrons. The van der Waals surface area contributed by atoms with Crippen LogP contribution in [0, 0.1) is 0 Å². The van der Waals surface area contributed by atoms with E-state index in [-0.39, 0.29) is 11.5 Å². The number of carboxylic acids is 1. The number of hydrogen-bond acceptors (Lipinski definition) is 2. The number of fused-ring (bicyclic) bond motifs is 1. The summed E-state index contributed by atoms with van der Waals surface area (Å²) in [6, 6.07) is 5.48. The van der Waals surface area contributed by atoms with Gasteiger partial charge in [0.1, 0.15) is 11.3 Å². The molecule has 1 aliphatic carbocycles. The Morgan fingerprint density at radius 3 is 2.62 bits per heavy atom. The molecule has 1 aromatic heterocycles. The summed E-state index contributed by atoms with van der Waals surface area (Å²) in [7, 11) is 0. The Labute approximate surface area is 124 Å². The second kappa shape index (κ2) is 4.86. The molecule has 1 heterocycles. The van der Waals surface area contributed by atoms with Gasteiger partial charge in [-0.3, -0.25) is 0 Å². The average molecular weight is 286 g/mol. The third kappa shape index (κ3) is 1.96. The van der Waals surface area contributed by atoms with Gasteiger partial charge >= 0.3 is 5.97 Å². The van der Waals surface area contributed by atoms with Gasteiger partial charge in [0.25, 0.3) is 0 Å². The van der Waals surface area contributed by atoms with Gasteiger partial charge in [0.2, 0.25) is 0 Å². The third-order valence-electron chi connectivity index (χ3n) is 4.87. The number of hydrogen-bond donors (Lipinski definition) is 1. The molecule has 1 aliphatic rings. The lowest BCUT2D eigenvalue weighted by Crippen LogP contribution is -2.41. The first-order valence-electron chi connectivity index (χ1n) is 7.75. The molecular weight excluding hydrogens is 264 g/mol. The van der Waals surface area contributed by atoms with Crippen molar-refractivity contribution in [3.63, 3.8) is 0 Å². The average Bonchev–Trinajstić information content (AvgIpc) is 2.78. The first kappa shape index (κ1) is 14.1. The summed E-state index contributed by atoms with van der Waals surface area (Å²) in [5, 5.41) is 9.40. The highest BCUT2D eigenvalue weighted by molar-refractivity contribution is 6.01. The molecule has 1 fully saturated rings. The van der Waals surface area contributed by atoms with E-state index in [4.69, 9.17) is 4.98 Å². The summed E-state index contributed by atoms with van der Waals surface area (Å²) < 4.78 is 2.34. The molecule has 0 aliphatic heterocycles. The van der Waals surface area contributed by atoms with Crippen molar-refractivity contribution >= 4 is 17.0 Å². The molecule has 1 N–H and O–H groups in total. The number of rotatable bonds is 4. The third-order valence-corrected chi connectivity index (χ3v) is 4.87. The summed E-state index contributed by atoms with van der Waals surface area (Å²) in [6.45, 7) is 6.47. The van der Waals surface area contributed by atoms with Crippen molar-refractivity contribution in [1.29, 1.82) is 0 Å². The maximum atomic E-state index is 11.5. The molecular formula is C17H22N2O2. The van der Waals surface area contributed by atoms with Crippen LogP contribution < -0.4 is 0 Å². The Kier molecular flexibility index (Phi) is 3.27. The van der Waals surface area contributed by atoms with Crippen molar-refractivity contribution in [3.8, 4) is 0 Å². The van der Waals surface area contributed by atoms with Gasteiger partial charge in [-0.1, -0.05) is 26.8 Å². The Balaban J connectivity index is 2.34. The molecule has 21 heavy (non-hydrogen) atoms. The van der Waals surface area contributed by atoms with Crippen LogP contribution in [-0.4, -0.2) is 20.6 Å². The predicted octanol–water partition coefficient (Wildman–Crippen LogP) is 4.15. The zero-order chi connectivity index (χ0) is 15.2. The lowest BCUT2D eigenvalue weighted by atomic mass is 9.74. The molecule has 1 saturated carbocycles. The van der Waals surface area contributed by atoms with Crippen molar-refractivity contribution in [2.75, 3.05) is 0 Å². The van der Waals surface area contributed by atoms with Crippen LogP contribution in [0.1, 0.15) is 68.6 Å². The number of para-hydroxylation sites is 1. The van der Waals surface area contributed by atoms with Crippen LogP contribution >= 0.6 is 0 Å². The molecule has 0 saturated heterocycles. The van der Waals surface area contributed by atoms with E-state index in [1.54, 1.807) is 6.07 Å². The number of imidazole rings is 1. The Bertz CT molecular complexity index is 691. The molecule has 0 unspecified atom stereocenters. The molecule has 0 amide bonds. The Hall–Kier alpha value is -1.84. The highest BCUT2D eigenvalue weighted by atomic mass is 16.4. The molecule has 1 aromatic carbocycles. The van der Waals surface area contributed by atoms with Crippen molar-refractivity contribution < 1.29 is 9.90 Å². The van der Waals surface area contributed by atoms with Gasteiger partial charge in [0.05, 0.1) is 11.1 Å². The van der Waals surface area contributed by atoms with Crippen LogP contribution in [0.25, 0.3) is 11.0 Å². The van der Waals surface area contributed by atoms with Crippen LogP contribution in [0.4, 0.5) is 0 Å². The minimum Gasteiger partial charge on any atom is -0.478 e. The zero-order valence-electron chi connectivity index (χ0n) is 12.9. The van der Waals surface area contributed by atoms with Gasteiger partial charge in [-0.15, -0.1) is 0 Å². The van der Waals surface area contributed by atoms with Gasteiger partial charge in [0, 0.05) is 11.5 Å². The molecule has 0 spiro atoms. The van der Waals surface area contributed by atoms with E-state index in [2.05, 4.69) is 25.3 Å². The quantitative estimate of drug-likeness (QED) is 0.918. The molecule has 2 aromatic rings. The van der Waals surface area contributed by atoms with E-state index in [1.165, 1.54) is 6.42 Å². The summed E-state index contributed by atoms with van der Waals surface area (Å²) in [5.74, 6) is 0.392. The summed E-state index contributed by atoms with van der Waals surface area (Å²) in [5.41, 5.74) is 2.04. The van der Waals surface area contributed by atoms with Crippen LogP contribution in [0.5, 0.6) is 0 Å². The maximum Gasteiger partial charge on any atom is 0.337 e. The van der Waals surface area contributed by atoms with Gasteiger partial charge in [-0.05, 0) is 37.8 Å². The minimum absolute atomic E-state index is 0.130. The Morgan fingerprint density at radius 2 is 2.14 bits per heavy atom. The van der Waals surface area contributed by atoms with E-state index in [0.717, 1.165) is 30.6 Å². The number of nitrogens with zero attached hydrogens (tertiary/aromatic N) is 2. The minimum atomic E-state index is -0.903.